The fourth-order valence-electron chi connectivity index (χ4n) is 2.09. The third-order valence-electron chi connectivity index (χ3n) is 2.87. The number of rotatable bonds is 4. The van der Waals surface area contributed by atoms with E-state index in [4.69, 9.17) is 4.74 Å². The highest BCUT2D eigenvalue weighted by Crippen LogP contribution is 2.27. The van der Waals surface area contributed by atoms with Crippen LogP contribution < -0.4 is 5.32 Å². The van der Waals surface area contributed by atoms with Gasteiger partial charge in [-0.3, -0.25) is 0 Å². The third-order valence-corrected chi connectivity index (χ3v) is 2.87. The molecule has 1 aromatic rings. The van der Waals surface area contributed by atoms with Crippen molar-refractivity contribution < 1.29 is 4.74 Å². The van der Waals surface area contributed by atoms with Gasteiger partial charge in [0.25, 0.3) is 0 Å². The van der Waals surface area contributed by atoms with Gasteiger partial charge < -0.3 is 10.1 Å². The molecule has 1 saturated heterocycles. The lowest BCUT2D eigenvalue weighted by Crippen LogP contribution is -2.57. The Morgan fingerprint density at radius 1 is 1.29 bits per heavy atom. The highest BCUT2D eigenvalue weighted by atomic mass is 16.5. The van der Waals surface area contributed by atoms with E-state index >= 15 is 0 Å². The van der Waals surface area contributed by atoms with Crippen LogP contribution in [0.2, 0.25) is 0 Å². The minimum atomic E-state index is 0.343. The number of hydrogen-bond acceptors (Lipinski definition) is 2. The molecule has 0 aliphatic carbocycles. The number of hydrogen-bond donors (Lipinski definition) is 1. The second-order valence-corrected chi connectivity index (χ2v) is 4.20. The van der Waals surface area contributed by atoms with Crippen LogP contribution in [0.3, 0.4) is 0 Å². The SMILES string of the molecule is COCC1(Cc2ccccc2)CNC1. The molecule has 0 spiro atoms. The summed E-state index contributed by atoms with van der Waals surface area (Å²) in [5.74, 6) is 0. The third kappa shape index (κ3) is 1.97. The van der Waals surface area contributed by atoms with E-state index in [1.54, 1.807) is 7.11 Å². The fraction of sp³-hybridized carbons (Fsp3) is 0.500. The average molecular weight is 191 g/mol. The Hall–Kier alpha value is -0.860. The summed E-state index contributed by atoms with van der Waals surface area (Å²) in [5, 5.41) is 3.33. The number of methoxy groups -OCH3 is 1. The van der Waals surface area contributed by atoms with Crippen molar-refractivity contribution in [3.63, 3.8) is 0 Å². The Morgan fingerprint density at radius 3 is 2.50 bits per heavy atom. The highest BCUT2D eigenvalue weighted by molar-refractivity contribution is 5.18. The smallest absolute Gasteiger partial charge is 0.0546 e. The van der Waals surface area contributed by atoms with Crippen LogP contribution in [0.5, 0.6) is 0 Å². The molecule has 0 unspecified atom stereocenters. The van der Waals surface area contributed by atoms with E-state index in [1.807, 2.05) is 0 Å². The second kappa shape index (κ2) is 4.11. The first-order valence-corrected chi connectivity index (χ1v) is 5.08. The molecule has 1 aliphatic heterocycles. The molecule has 0 bridgehead atoms. The normalized spacial score (nSPS) is 18.9. The van der Waals surface area contributed by atoms with E-state index in [-0.39, 0.29) is 0 Å². The van der Waals surface area contributed by atoms with E-state index in [2.05, 4.69) is 35.6 Å². The quantitative estimate of drug-likeness (QED) is 0.778. The van der Waals surface area contributed by atoms with Crippen LogP contribution in [0.15, 0.2) is 30.3 Å². The molecule has 1 heterocycles. The predicted octanol–water partition coefficient (Wildman–Crippen LogP) is 1.47. The van der Waals surface area contributed by atoms with Crippen LogP contribution in [0.1, 0.15) is 5.56 Å². The van der Waals surface area contributed by atoms with Crippen molar-refractivity contribution in [2.24, 2.45) is 5.41 Å². The van der Waals surface area contributed by atoms with Crippen molar-refractivity contribution in [2.75, 3.05) is 26.8 Å². The van der Waals surface area contributed by atoms with Crippen molar-refractivity contribution in [2.45, 2.75) is 6.42 Å². The Labute approximate surface area is 85.3 Å². The first-order chi connectivity index (χ1) is 6.85. The van der Waals surface area contributed by atoms with Crippen molar-refractivity contribution in [3.05, 3.63) is 35.9 Å². The zero-order valence-corrected chi connectivity index (χ0v) is 8.62. The molecular weight excluding hydrogens is 174 g/mol. The van der Waals surface area contributed by atoms with Crippen LogP contribution in [-0.2, 0) is 11.2 Å². The Morgan fingerprint density at radius 2 is 2.00 bits per heavy atom. The van der Waals surface area contributed by atoms with Gasteiger partial charge in [-0.2, -0.15) is 0 Å². The Kier molecular flexibility index (Phi) is 2.85. The van der Waals surface area contributed by atoms with E-state index in [9.17, 15) is 0 Å². The highest BCUT2D eigenvalue weighted by Gasteiger charge is 2.36. The van der Waals surface area contributed by atoms with E-state index < -0.39 is 0 Å². The van der Waals surface area contributed by atoms with Crippen LogP contribution in [-0.4, -0.2) is 26.8 Å². The maximum absolute atomic E-state index is 5.28. The van der Waals surface area contributed by atoms with E-state index in [0.717, 1.165) is 26.1 Å². The topological polar surface area (TPSA) is 21.3 Å². The lowest BCUT2D eigenvalue weighted by Gasteiger charge is -2.42. The van der Waals surface area contributed by atoms with Crippen molar-refractivity contribution in [1.29, 1.82) is 0 Å². The average Bonchev–Trinajstić information content (AvgIpc) is 2.16. The van der Waals surface area contributed by atoms with Gasteiger partial charge in [-0.1, -0.05) is 30.3 Å². The summed E-state index contributed by atoms with van der Waals surface area (Å²) in [7, 11) is 1.78. The number of nitrogens with one attached hydrogen (secondary N) is 1. The van der Waals surface area contributed by atoms with Gasteiger partial charge in [-0.15, -0.1) is 0 Å². The molecule has 0 radical (unpaired) electrons. The first-order valence-electron chi connectivity index (χ1n) is 5.08. The molecule has 2 heteroatoms. The lowest BCUT2D eigenvalue weighted by molar-refractivity contribution is 0.0376. The summed E-state index contributed by atoms with van der Waals surface area (Å²) in [5.41, 5.74) is 1.75. The number of benzene rings is 1. The largest absolute Gasteiger partial charge is 0.384 e. The summed E-state index contributed by atoms with van der Waals surface area (Å²) in [6.07, 6.45) is 1.12. The molecule has 0 atom stereocenters. The zero-order chi connectivity index (χ0) is 9.86. The molecular formula is C12H17NO. The zero-order valence-electron chi connectivity index (χ0n) is 8.62. The van der Waals surface area contributed by atoms with Crippen molar-refractivity contribution in [1.82, 2.24) is 5.32 Å². The molecule has 2 rings (SSSR count). The molecule has 76 valence electrons. The van der Waals surface area contributed by atoms with Crippen LogP contribution >= 0.6 is 0 Å². The summed E-state index contributed by atoms with van der Waals surface area (Å²) in [4.78, 5) is 0. The summed E-state index contributed by atoms with van der Waals surface area (Å²) in [6.45, 7) is 3.01. The van der Waals surface area contributed by atoms with Crippen LogP contribution in [0.25, 0.3) is 0 Å². The predicted molar refractivity (Wildman–Crippen MR) is 57.3 cm³/mol. The van der Waals surface area contributed by atoms with Crippen molar-refractivity contribution >= 4 is 0 Å². The fourth-order valence-corrected chi connectivity index (χ4v) is 2.09. The molecule has 1 aromatic carbocycles. The molecule has 1 N–H and O–H groups in total. The van der Waals surface area contributed by atoms with Gasteiger partial charge in [0, 0.05) is 25.6 Å². The Balaban J connectivity index is 2.01. The van der Waals surface area contributed by atoms with Gasteiger partial charge in [0.1, 0.15) is 0 Å². The van der Waals surface area contributed by atoms with Crippen molar-refractivity contribution in [3.8, 4) is 0 Å². The van der Waals surface area contributed by atoms with Gasteiger partial charge in [0.2, 0.25) is 0 Å². The molecule has 2 nitrogen and oxygen atoms in total. The number of ether oxygens (including phenoxy) is 1. The molecule has 1 aliphatic rings. The molecule has 0 amide bonds. The maximum Gasteiger partial charge on any atom is 0.0546 e. The standard InChI is InChI=1S/C12H17NO/c1-14-10-12(8-13-9-12)7-11-5-3-2-4-6-11/h2-6,13H,7-10H2,1H3. The first kappa shape index (κ1) is 9.69. The van der Waals surface area contributed by atoms with Crippen LogP contribution in [0, 0.1) is 5.41 Å². The molecule has 1 fully saturated rings. The summed E-state index contributed by atoms with van der Waals surface area (Å²) in [6, 6.07) is 10.6. The van der Waals surface area contributed by atoms with E-state index in [1.165, 1.54) is 5.56 Å². The monoisotopic (exact) mass is 191 g/mol. The van der Waals surface area contributed by atoms with E-state index in [0.29, 0.717) is 5.41 Å². The molecule has 0 aromatic heterocycles. The molecule has 14 heavy (non-hydrogen) atoms. The summed E-state index contributed by atoms with van der Waals surface area (Å²) >= 11 is 0. The van der Waals surface area contributed by atoms with Gasteiger partial charge in [-0.05, 0) is 12.0 Å². The van der Waals surface area contributed by atoms with Crippen LogP contribution in [0.4, 0.5) is 0 Å². The summed E-state index contributed by atoms with van der Waals surface area (Å²) < 4.78 is 5.28. The van der Waals surface area contributed by atoms with Gasteiger partial charge >= 0.3 is 0 Å². The maximum atomic E-state index is 5.28. The van der Waals surface area contributed by atoms with Gasteiger partial charge in [-0.25, -0.2) is 0 Å². The minimum Gasteiger partial charge on any atom is -0.384 e. The molecule has 0 saturated carbocycles. The van der Waals surface area contributed by atoms with Gasteiger partial charge in [0.15, 0.2) is 0 Å². The minimum absolute atomic E-state index is 0.343. The lowest BCUT2D eigenvalue weighted by atomic mass is 9.77. The second-order valence-electron chi connectivity index (χ2n) is 4.20. The Bertz CT molecular complexity index is 280. The van der Waals surface area contributed by atoms with Gasteiger partial charge in [0.05, 0.1) is 6.61 Å².